The van der Waals surface area contributed by atoms with Crippen LogP contribution in [0.5, 0.6) is 0 Å². The Labute approximate surface area is 97.6 Å². The summed E-state index contributed by atoms with van der Waals surface area (Å²) in [6, 6.07) is 0.168. The van der Waals surface area contributed by atoms with Gasteiger partial charge < -0.3 is 0 Å². The zero-order chi connectivity index (χ0) is 11.3. The lowest BCUT2D eigenvalue weighted by Gasteiger charge is -2.12. The lowest BCUT2D eigenvalue weighted by Crippen LogP contribution is -2.34. The minimum absolute atomic E-state index is 0.168. The summed E-state index contributed by atoms with van der Waals surface area (Å²) in [4.78, 5) is 0. The first-order valence-corrected chi connectivity index (χ1v) is 7.78. The Kier molecular flexibility index (Phi) is 5.36. The van der Waals surface area contributed by atoms with Gasteiger partial charge in [0.05, 0.1) is 5.75 Å². The van der Waals surface area contributed by atoms with Gasteiger partial charge in [0.2, 0.25) is 10.0 Å². The Bertz CT molecular complexity index is 279. The third-order valence-electron chi connectivity index (χ3n) is 2.84. The second-order valence-corrected chi connectivity index (χ2v) is 6.70. The quantitative estimate of drug-likeness (QED) is 0.582. The lowest BCUT2D eigenvalue weighted by molar-refractivity contribution is 0.536. The largest absolute Gasteiger partial charge is 0.212 e. The van der Waals surface area contributed by atoms with Crippen molar-refractivity contribution < 1.29 is 8.42 Å². The highest BCUT2D eigenvalue weighted by Gasteiger charge is 2.24. The molecule has 5 heteroatoms. The molecule has 2 unspecified atom stereocenters. The van der Waals surface area contributed by atoms with Gasteiger partial charge in [-0.1, -0.05) is 6.92 Å². The van der Waals surface area contributed by atoms with Crippen LogP contribution in [0.3, 0.4) is 0 Å². The summed E-state index contributed by atoms with van der Waals surface area (Å²) in [7, 11) is -3.07. The van der Waals surface area contributed by atoms with Crippen LogP contribution in [0.4, 0.5) is 0 Å². The SMILES string of the molecule is CC1CCC(NS(=O)(=O)CCCCCl)C1. The molecule has 0 spiro atoms. The molecule has 0 aromatic heterocycles. The Morgan fingerprint density at radius 3 is 2.60 bits per heavy atom. The van der Waals surface area contributed by atoms with Gasteiger partial charge in [-0.25, -0.2) is 13.1 Å². The van der Waals surface area contributed by atoms with E-state index in [9.17, 15) is 8.42 Å². The van der Waals surface area contributed by atoms with Gasteiger partial charge in [0.25, 0.3) is 0 Å². The second-order valence-electron chi connectivity index (χ2n) is 4.45. The van der Waals surface area contributed by atoms with Crippen molar-refractivity contribution in [2.45, 2.75) is 45.1 Å². The summed E-state index contributed by atoms with van der Waals surface area (Å²) in [6.45, 7) is 2.17. The van der Waals surface area contributed by atoms with E-state index < -0.39 is 10.0 Å². The van der Waals surface area contributed by atoms with Gasteiger partial charge in [-0.2, -0.15) is 0 Å². The monoisotopic (exact) mass is 253 g/mol. The minimum Gasteiger partial charge on any atom is -0.212 e. The number of hydrogen-bond acceptors (Lipinski definition) is 2. The fourth-order valence-electron chi connectivity index (χ4n) is 2.01. The maximum Gasteiger partial charge on any atom is 0.211 e. The number of rotatable bonds is 6. The van der Waals surface area contributed by atoms with Crippen molar-refractivity contribution in [3.8, 4) is 0 Å². The molecular weight excluding hydrogens is 234 g/mol. The van der Waals surface area contributed by atoms with Crippen LogP contribution in [0.2, 0.25) is 0 Å². The number of nitrogens with one attached hydrogen (secondary N) is 1. The van der Waals surface area contributed by atoms with E-state index in [1.165, 1.54) is 0 Å². The van der Waals surface area contributed by atoms with Gasteiger partial charge in [0.15, 0.2) is 0 Å². The van der Waals surface area contributed by atoms with Crippen molar-refractivity contribution in [2.24, 2.45) is 5.92 Å². The van der Waals surface area contributed by atoms with E-state index in [4.69, 9.17) is 11.6 Å². The molecule has 0 heterocycles. The summed E-state index contributed by atoms with van der Waals surface area (Å²) in [5.74, 6) is 1.40. The predicted molar refractivity (Wildman–Crippen MR) is 63.7 cm³/mol. The van der Waals surface area contributed by atoms with E-state index in [1.54, 1.807) is 0 Å². The van der Waals surface area contributed by atoms with E-state index in [0.29, 0.717) is 18.2 Å². The van der Waals surface area contributed by atoms with Gasteiger partial charge in [0.1, 0.15) is 0 Å². The fraction of sp³-hybridized carbons (Fsp3) is 1.00. The number of hydrogen-bond donors (Lipinski definition) is 1. The van der Waals surface area contributed by atoms with Crippen LogP contribution in [-0.4, -0.2) is 26.1 Å². The molecule has 0 bridgehead atoms. The smallest absolute Gasteiger partial charge is 0.211 e. The van der Waals surface area contributed by atoms with Crippen LogP contribution in [0.25, 0.3) is 0 Å². The minimum atomic E-state index is -3.07. The highest BCUT2D eigenvalue weighted by Crippen LogP contribution is 2.25. The van der Waals surface area contributed by atoms with E-state index in [-0.39, 0.29) is 11.8 Å². The van der Waals surface area contributed by atoms with Crippen molar-refractivity contribution in [3.05, 3.63) is 0 Å². The molecule has 0 aliphatic heterocycles. The molecule has 1 aliphatic rings. The molecule has 2 atom stereocenters. The van der Waals surface area contributed by atoms with Gasteiger partial charge in [0, 0.05) is 11.9 Å². The Morgan fingerprint density at radius 2 is 2.07 bits per heavy atom. The highest BCUT2D eigenvalue weighted by molar-refractivity contribution is 7.89. The van der Waals surface area contributed by atoms with Crippen molar-refractivity contribution in [2.75, 3.05) is 11.6 Å². The lowest BCUT2D eigenvalue weighted by atomic mass is 10.1. The summed E-state index contributed by atoms with van der Waals surface area (Å²) in [5.41, 5.74) is 0. The van der Waals surface area contributed by atoms with E-state index >= 15 is 0 Å². The Hall–Kier alpha value is 0.200. The van der Waals surface area contributed by atoms with Gasteiger partial charge >= 0.3 is 0 Å². The van der Waals surface area contributed by atoms with Crippen LogP contribution in [0.1, 0.15) is 39.0 Å². The number of alkyl halides is 1. The van der Waals surface area contributed by atoms with Gasteiger partial charge in [-0.05, 0) is 38.0 Å². The summed E-state index contributed by atoms with van der Waals surface area (Å²) in [6.07, 6.45) is 4.52. The average Bonchev–Trinajstić information content (AvgIpc) is 2.50. The number of unbranched alkanes of at least 4 members (excludes halogenated alkanes) is 1. The molecule has 0 amide bonds. The Morgan fingerprint density at radius 1 is 1.33 bits per heavy atom. The van der Waals surface area contributed by atoms with Crippen molar-refractivity contribution in [1.82, 2.24) is 4.72 Å². The molecule has 0 aromatic rings. The number of halogens is 1. The third-order valence-corrected chi connectivity index (χ3v) is 4.62. The van der Waals surface area contributed by atoms with E-state index in [0.717, 1.165) is 25.7 Å². The highest BCUT2D eigenvalue weighted by atomic mass is 35.5. The van der Waals surface area contributed by atoms with Crippen LogP contribution >= 0.6 is 11.6 Å². The normalized spacial score (nSPS) is 27.1. The summed E-state index contributed by atoms with van der Waals surface area (Å²) >= 11 is 5.50. The molecule has 90 valence electrons. The van der Waals surface area contributed by atoms with Crippen LogP contribution in [0, 0.1) is 5.92 Å². The molecule has 0 radical (unpaired) electrons. The molecule has 1 fully saturated rings. The zero-order valence-electron chi connectivity index (χ0n) is 9.21. The first-order chi connectivity index (χ1) is 7.03. The van der Waals surface area contributed by atoms with Crippen LogP contribution < -0.4 is 4.72 Å². The van der Waals surface area contributed by atoms with Crippen molar-refractivity contribution in [1.29, 1.82) is 0 Å². The van der Waals surface area contributed by atoms with Crippen molar-refractivity contribution >= 4 is 21.6 Å². The maximum absolute atomic E-state index is 11.6. The van der Waals surface area contributed by atoms with Crippen LogP contribution in [0.15, 0.2) is 0 Å². The zero-order valence-corrected chi connectivity index (χ0v) is 10.8. The molecular formula is C10H20ClNO2S. The summed E-state index contributed by atoms with van der Waals surface area (Å²) < 4.78 is 26.0. The second kappa shape index (κ2) is 6.06. The van der Waals surface area contributed by atoms with Gasteiger partial charge in [-0.15, -0.1) is 11.6 Å². The molecule has 0 aromatic carbocycles. The molecule has 1 saturated carbocycles. The molecule has 0 saturated heterocycles. The molecule has 1 rings (SSSR count). The fourth-order valence-corrected chi connectivity index (χ4v) is 3.63. The van der Waals surface area contributed by atoms with Crippen molar-refractivity contribution in [3.63, 3.8) is 0 Å². The Balaban J connectivity index is 2.29. The average molecular weight is 254 g/mol. The standard InChI is InChI=1S/C10H20ClNO2S/c1-9-4-5-10(8-9)12-15(13,14)7-3-2-6-11/h9-10,12H,2-8H2,1H3. The van der Waals surface area contributed by atoms with E-state index in [1.807, 2.05) is 0 Å². The molecule has 1 N–H and O–H groups in total. The molecule has 3 nitrogen and oxygen atoms in total. The van der Waals surface area contributed by atoms with Gasteiger partial charge in [-0.3, -0.25) is 0 Å². The maximum atomic E-state index is 11.6. The van der Waals surface area contributed by atoms with E-state index in [2.05, 4.69) is 11.6 Å². The van der Waals surface area contributed by atoms with Crippen LogP contribution in [-0.2, 0) is 10.0 Å². The molecule has 1 aliphatic carbocycles. The topological polar surface area (TPSA) is 46.2 Å². The first kappa shape index (κ1) is 13.3. The summed E-state index contributed by atoms with van der Waals surface area (Å²) in [5, 5.41) is 0. The predicted octanol–water partition coefficient (Wildman–Crippen LogP) is 2.11. The molecule has 15 heavy (non-hydrogen) atoms. The number of sulfonamides is 1. The first-order valence-electron chi connectivity index (χ1n) is 5.59. The third kappa shape index (κ3) is 5.18.